The van der Waals surface area contributed by atoms with Gasteiger partial charge in [-0.25, -0.2) is 10.9 Å². The molecule has 0 aliphatic carbocycles. The molecule has 32 heavy (non-hydrogen) atoms. The van der Waals surface area contributed by atoms with Crippen LogP contribution in [0.1, 0.15) is 28.8 Å². The molecule has 1 fully saturated rings. The van der Waals surface area contributed by atoms with Gasteiger partial charge in [0, 0.05) is 30.8 Å². The molecule has 0 bridgehead atoms. The lowest BCUT2D eigenvalue weighted by Crippen LogP contribution is -2.39. The van der Waals surface area contributed by atoms with E-state index in [0.29, 0.717) is 5.92 Å². The zero-order valence-corrected chi connectivity index (χ0v) is 17.4. The molecule has 4 aliphatic heterocycles. The van der Waals surface area contributed by atoms with Crippen molar-refractivity contribution in [3.05, 3.63) is 77.4 Å². The fourth-order valence-electron chi connectivity index (χ4n) is 5.32. The molecule has 162 valence electrons. The van der Waals surface area contributed by atoms with Crippen molar-refractivity contribution in [3.8, 4) is 23.0 Å². The van der Waals surface area contributed by atoms with Gasteiger partial charge in [0.05, 0.1) is 12.1 Å². The molecule has 3 aromatic rings. The maximum atomic E-state index is 5.71. The van der Waals surface area contributed by atoms with E-state index in [2.05, 4.69) is 70.3 Å². The van der Waals surface area contributed by atoms with Crippen molar-refractivity contribution in [2.75, 3.05) is 25.0 Å². The van der Waals surface area contributed by atoms with Gasteiger partial charge in [0.25, 0.3) is 0 Å². The van der Waals surface area contributed by atoms with Crippen LogP contribution in [0.5, 0.6) is 23.0 Å². The molecule has 0 spiro atoms. The van der Waals surface area contributed by atoms with Gasteiger partial charge in [-0.2, -0.15) is 0 Å². The quantitative estimate of drug-likeness (QED) is 0.659. The van der Waals surface area contributed by atoms with Gasteiger partial charge < -0.3 is 23.8 Å². The van der Waals surface area contributed by atoms with Crippen LogP contribution in [-0.2, 0) is 6.54 Å². The van der Waals surface area contributed by atoms with E-state index < -0.39 is 0 Å². The van der Waals surface area contributed by atoms with Gasteiger partial charge in [-0.05, 0) is 34.9 Å². The number of anilines is 1. The second-order valence-electron chi connectivity index (χ2n) is 8.65. The molecular formula is C25H23N3O4. The fourth-order valence-corrected chi connectivity index (χ4v) is 5.32. The van der Waals surface area contributed by atoms with Crippen LogP contribution in [0.3, 0.4) is 0 Å². The first kappa shape index (κ1) is 18.2. The summed E-state index contributed by atoms with van der Waals surface area (Å²) >= 11 is 0. The Balaban J connectivity index is 1.28. The third-order valence-corrected chi connectivity index (χ3v) is 6.85. The maximum Gasteiger partial charge on any atom is 0.231 e. The van der Waals surface area contributed by atoms with Crippen LogP contribution >= 0.6 is 0 Å². The number of fused-ring (bicyclic) bond motifs is 5. The number of hydrogen-bond donors (Lipinski definition) is 2. The minimum absolute atomic E-state index is 0.145. The summed E-state index contributed by atoms with van der Waals surface area (Å²) in [4.78, 5) is 2.46. The van der Waals surface area contributed by atoms with Crippen LogP contribution in [-0.4, -0.2) is 20.1 Å². The average Bonchev–Trinajstić information content (AvgIpc) is 3.57. The Bertz CT molecular complexity index is 1190. The zero-order valence-electron chi connectivity index (χ0n) is 17.4. The molecule has 3 atom stereocenters. The van der Waals surface area contributed by atoms with Crippen LogP contribution in [0.25, 0.3) is 0 Å². The molecular weight excluding hydrogens is 406 g/mol. The second kappa shape index (κ2) is 7.05. The predicted molar refractivity (Wildman–Crippen MR) is 118 cm³/mol. The number of ether oxygens (including phenoxy) is 4. The summed E-state index contributed by atoms with van der Waals surface area (Å²) in [6.07, 6.45) is 0. The lowest BCUT2D eigenvalue weighted by Gasteiger charge is -2.39. The molecule has 4 aliphatic rings. The predicted octanol–water partition coefficient (Wildman–Crippen LogP) is 3.67. The van der Waals surface area contributed by atoms with E-state index >= 15 is 0 Å². The highest BCUT2D eigenvalue weighted by Gasteiger charge is 2.44. The first-order valence-electron chi connectivity index (χ1n) is 11.0. The van der Waals surface area contributed by atoms with Crippen molar-refractivity contribution in [1.29, 1.82) is 0 Å². The summed E-state index contributed by atoms with van der Waals surface area (Å²) in [5, 5.41) is 0. The van der Waals surface area contributed by atoms with Gasteiger partial charge in [-0.15, -0.1) is 0 Å². The highest BCUT2D eigenvalue weighted by molar-refractivity contribution is 5.66. The van der Waals surface area contributed by atoms with Crippen molar-refractivity contribution >= 4 is 5.69 Å². The Kier molecular flexibility index (Phi) is 4.00. The zero-order chi connectivity index (χ0) is 21.1. The molecule has 7 nitrogen and oxygen atoms in total. The number of benzene rings is 3. The van der Waals surface area contributed by atoms with Crippen molar-refractivity contribution in [1.82, 2.24) is 10.9 Å². The molecule has 0 radical (unpaired) electrons. The summed E-state index contributed by atoms with van der Waals surface area (Å²) in [6, 6.07) is 21.4. The normalized spacial score (nSPS) is 24.4. The van der Waals surface area contributed by atoms with Gasteiger partial charge in [0.1, 0.15) is 0 Å². The van der Waals surface area contributed by atoms with E-state index in [9.17, 15) is 0 Å². The van der Waals surface area contributed by atoms with Crippen LogP contribution in [0, 0.1) is 5.92 Å². The van der Waals surface area contributed by atoms with E-state index in [-0.39, 0.29) is 25.7 Å². The highest BCUT2D eigenvalue weighted by atomic mass is 16.7. The van der Waals surface area contributed by atoms with E-state index in [1.54, 1.807) is 0 Å². The smallest absolute Gasteiger partial charge is 0.231 e. The van der Waals surface area contributed by atoms with Crippen molar-refractivity contribution in [2.45, 2.75) is 18.6 Å². The SMILES string of the molecule is c1ccc(CN2CC3C(c4ccc5c(c4)OCO5)NNC3c3cc4c(cc32)OCO4)cc1. The summed E-state index contributed by atoms with van der Waals surface area (Å²) in [5.41, 5.74) is 12.0. The van der Waals surface area contributed by atoms with Gasteiger partial charge >= 0.3 is 0 Å². The Morgan fingerprint density at radius 2 is 1.47 bits per heavy atom. The van der Waals surface area contributed by atoms with Gasteiger partial charge in [0.15, 0.2) is 23.0 Å². The van der Waals surface area contributed by atoms with Gasteiger partial charge in [-0.3, -0.25) is 0 Å². The number of rotatable bonds is 3. The molecule has 3 unspecified atom stereocenters. The van der Waals surface area contributed by atoms with Crippen LogP contribution in [0.15, 0.2) is 60.7 Å². The molecule has 3 aromatic carbocycles. The Morgan fingerprint density at radius 3 is 2.31 bits per heavy atom. The van der Waals surface area contributed by atoms with E-state index in [4.69, 9.17) is 18.9 Å². The largest absolute Gasteiger partial charge is 0.454 e. The van der Waals surface area contributed by atoms with E-state index in [0.717, 1.165) is 36.1 Å². The first-order valence-corrected chi connectivity index (χ1v) is 11.0. The summed E-state index contributed by atoms with van der Waals surface area (Å²) in [7, 11) is 0. The number of nitrogens with zero attached hydrogens (tertiary/aromatic N) is 1. The van der Waals surface area contributed by atoms with Gasteiger partial charge in [-0.1, -0.05) is 36.4 Å². The van der Waals surface area contributed by atoms with Gasteiger partial charge in [0.2, 0.25) is 13.6 Å². The van der Waals surface area contributed by atoms with Crippen LogP contribution in [0.2, 0.25) is 0 Å². The second-order valence-corrected chi connectivity index (χ2v) is 8.65. The van der Waals surface area contributed by atoms with Crippen molar-refractivity contribution in [3.63, 3.8) is 0 Å². The average molecular weight is 429 g/mol. The van der Waals surface area contributed by atoms with Crippen molar-refractivity contribution in [2.24, 2.45) is 5.92 Å². The van der Waals surface area contributed by atoms with E-state index in [1.807, 2.05) is 6.07 Å². The molecule has 4 heterocycles. The first-order chi connectivity index (χ1) is 15.8. The molecule has 7 heteroatoms. The number of hydrogen-bond acceptors (Lipinski definition) is 7. The van der Waals surface area contributed by atoms with E-state index in [1.165, 1.54) is 22.4 Å². The standard InChI is InChI=1S/C25H23N3O4/c1-2-4-15(5-3-1)11-28-12-18-24(16-6-7-20-21(8-16)30-13-29-20)26-27-25(18)17-9-22-23(10-19(17)28)32-14-31-22/h1-10,18,24-27H,11-14H2. The van der Waals surface area contributed by atoms with Crippen LogP contribution < -0.4 is 34.7 Å². The third-order valence-electron chi connectivity index (χ3n) is 6.85. The topological polar surface area (TPSA) is 64.2 Å². The fraction of sp³-hybridized carbons (Fsp3) is 0.280. The molecule has 1 saturated heterocycles. The molecule has 0 amide bonds. The molecule has 7 rings (SSSR count). The highest BCUT2D eigenvalue weighted by Crippen LogP contribution is 2.50. The number of nitrogens with one attached hydrogen (secondary N) is 2. The molecule has 0 aromatic heterocycles. The van der Waals surface area contributed by atoms with Crippen molar-refractivity contribution < 1.29 is 18.9 Å². The van der Waals surface area contributed by atoms with Crippen LogP contribution in [0.4, 0.5) is 5.69 Å². The monoisotopic (exact) mass is 429 g/mol. The molecule has 0 saturated carbocycles. The Labute approximate surface area is 185 Å². The minimum atomic E-state index is 0.145. The summed E-state index contributed by atoms with van der Waals surface area (Å²) < 4.78 is 22.5. The number of hydrazine groups is 1. The maximum absolute atomic E-state index is 5.71. The Morgan fingerprint density at radius 1 is 0.750 bits per heavy atom. The summed E-state index contributed by atoms with van der Waals surface area (Å²) in [6.45, 7) is 2.30. The third kappa shape index (κ3) is 2.82. The Hall–Kier alpha value is -3.42. The lowest BCUT2D eigenvalue weighted by atomic mass is 9.81. The minimum Gasteiger partial charge on any atom is -0.454 e. The summed E-state index contributed by atoms with van der Waals surface area (Å²) in [5.74, 6) is 3.58. The lowest BCUT2D eigenvalue weighted by molar-refractivity contribution is 0.173. The molecule has 2 N–H and O–H groups in total.